The third-order valence-corrected chi connectivity index (χ3v) is 2.85. The molecule has 0 bridgehead atoms. The summed E-state index contributed by atoms with van der Waals surface area (Å²) < 4.78 is 5.63. The number of ether oxygens (including phenoxy) is 1. The van der Waals surface area contributed by atoms with Crippen molar-refractivity contribution in [2.45, 2.75) is 26.3 Å². The Morgan fingerprint density at radius 1 is 1.33 bits per heavy atom. The normalized spacial score (nSPS) is 16.1. The molecule has 0 spiro atoms. The molecule has 82 valence electrons. The maximum Gasteiger partial charge on any atom is 0.119 e. The lowest BCUT2D eigenvalue weighted by molar-refractivity contribution is 0.305. The Morgan fingerprint density at radius 3 is 3.00 bits per heavy atom. The van der Waals surface area contributed by atoms with E-state index in [0.29, 0.717) is 0 Å². The van der Waals surface area contributed by atoms with Gasteiger partial charge in [0.25, 0.3) is 0 Å². The number of likely N-dealkylation sites (N-methyl/N-ethyl adjacent to an activating group) is 1. The van der Waals surface area contributed by atoms with Gasteiger partial charge in [0.2, 0.25) is 0 Å². The first-order chi connectivity index (χ1) is 7.29. The van der Waals surface area contributed by atoms with Crippen LogP contribution in [0.1, 0.15) is 24.5 Å². The van der Waals surface area contributed by atoms with Crippen LogP contribution in [0.5, 0.6) is 5.75 Å². The molecular weight excluding hydrogens is 186 g/mol. The molecule has 0 aromatic heterocycles. The largest absolute Gasteiger partial charge is 0.494 e. The van der Waals surface area contributed by atoms with E-state index in [0.717, 1.165) is 38.3 Å². The highest BCUT2D eigenvalue weighted by Gasteiger charge is 2.13. The van der Waals surface area contributed by atoms with E-state index in [2.05, 4.69) is 37.1 Å². The molecule has 0 amide bonds. The third-order valence-electron chi connectivity index (χ3n) is 2.85. The average molecular weight is 205 g/mol. The molecule has 1 aromatic carbocycles. The summed E-state index contributed by atoms with van der Waals surface area (Å²) in [6, 6.07) is 6.50. The van der Waals surface area contributed by atoms with Crippen molar-refractivity contribution in [2.24, 2.45) is 0 Å². The molecule has 0 saturated heterocycles. The predicted octanol–water partition coefficient (Wildman–Crippen LogP) is 2.46. The quantitative estimate of drug-likeness (QED) is 0.751. The zero-order valence-corrected chi connectivity index (χ0v) is 9.62. The van der Waals surface area contributed by atoms with Crippen molar-refractivity contribution in [1.29, 1.82) is 0 Å². The van der Waals surface area contributed by atoms with Crippen molar-refractivity contribution in [3.05, 3.63) is 29.3 Å². The Morgan fingerprint density at radius 2 is 2.20 bits per heavy atom. The molecule has 2 heteroatoms. The van der Waals surface area contributed by atoms with Gasteiger partial charge in [0.15, 0.2) is 0 Å². The summed E-state index contributed by atoms with van der Waals surface area (Å²) in [4.78, 5) is 2.36. The highest BCUT2D eigenvalue weighted by molar-refractivity contribution is 5.37. The Bertz CT molecular complexity index is 335. The Balaban J connectivity index is 2.12. The van der Waals surface area contributed by atoms with Crippen LogP contribution in [-0.4, -0.2) is 25.1 Å². The minimum absolute atomic E-state index is 0.818. The molecule has 0 atom stereocenters. The van der Waals surface area contributed by atoms with Crippen molar-refractivity contribution in [3.63, 3.8) is 0 Å². The molecule has 1 heterocycles. The molecule has 0 saturated carbocycles. The summed E-state index contributed by atoms with van der Waals surface area (Å²) in [6.45, 7) is 5.18. The lowest BCUT2D eigenvalue weighted by Crippen LogP contribution is -2.26. The zero-order valence-electron chi connectivity index (χ0n) is 9.62. The molecule has 0 radical (unpaired) electrons. The summed E-state index contributed by atoms with van der Waals surface area (Å²) in [7, 11) is 2.17. The summed E-state index contributed by atoms with van der Waals surface area (Å²) in [6.07, 6.45) is 2.22. The Labute approximate surface area is 91.9 Å². The molecule has 0 N–H and O–H groups in total. The zero-order chi connectivity index (χ0) is 10.7. The molecule has 1 aliphatic rings. The molecule has 0 unspecified atom stereocenters. The SMILES string of the molecule is CCCOc1ccc2c(c1)CCN(C)C2. The van der Waals surface area contributed by atoms with Crippen molar-refractivity contribution >= 4 is 0 Å². The van der Waals surface area contributed by atoms with Gasteiger partial charge >= 0.3 is 0 Å². The van der Waals surface area contributed by atoms with E-state index >= 15 is 0 Å². The van der Waals surface area contributed by atoms with Crippen LogP contribution in [0.2, 0.25) is 0 Å². The first-order valence-corrected chi connectivity index (χ1v) is 5.72. The maximum absolute atomic E-state index is 5.63. The first-order valence-electron chi connectivity index (χ1n) is 5.72. The second-order valence-electron chi connectivity index (χ2n) is 4.27. The maximum atomic E-state index is 5.63. The molecule has 1 aliphatic heterocycles. The Hall–Kier alpha value is -1.02. The minimum atomic E-state index is 0.818. The van der Waals surface area contributed by atoms with Crippen LogP contribution < -0.4 is 4.74 Å². The van der Waals surface area contributed by atoms with Crippen LogP contribution in [-0.2, 0) is 13.0 Å². The number of nitrogens with zero attached hydrogens (tertiary/aromatic N) is 1. The van der Waals surface area contributed by atoms with Gasteiger partial charge < -0.3 is 9.64 Å². The minimum Gasteiger partial charge on any atom is -0.494 e. The van der Waals surface area contributed by atoms with Gasteiger partial charge in [0.1, 0.15) is 5.75 Å². The average Bonchev–Trinajstić information content (AvgIpc) is 2.26. The van der Waals surface area contributed by atoms with Gasteiger partial charge in [-0.3, -0.25) is 0 Å². The third kappa shape index (κ3) is 2.51. The second kappa shape index (κ2) is 4.67. The van der Waals surface area contributed by atoms with Gasteiger partial charge in [-0.15, -0.1) is 0 Å². The van der Waals surface area contributed by atoms with Crippen LogP contribution in [0.25, 0.3) is 0 Å². The van der Waals surface area contributed by atoms with E-state index in [4.69, 9.17) is 4.74 Å². The highest BCUT2D eigenvalue weighted by Crippen LogP contribution is 2.23. The van der Waals surface area contributed by atoms with Gasteiger partial charge in [0, 0.05) is 13.1 Å². The van der Waals surface area contributed by atoms with Crippen LogP contribution >= 0.6 is 0 Å². The van der Waals surface area contributed by atoms with Gasteiger partial charge in [-0.25, -0.2) is 0 Å². The molecule has 15 heavy (non-hydrogen) atoms. The first kappa shape index (κ1) is 10.5. The van der Waals surface area contributed by atoms with E-state index < -0.39 is 0 Å². The molecule has 0 aliphatic carbocycles. The van der Waals surface area contributed by atoms with Crippen LogP contribution in [0.4, 0.5) is 0 Å². The molecular formula is C13H19NO. The fraction of sp³-hybridized carbons (Fsp3) is 0.538. The van der Waals surface area contributed by atoms with E-state index in [1.54, 1.807) is 0 Å². The molecule has 2 nitrogen and oxygen atoms in total. The number of hydrogen-bond acceptors (Lipinski definition) is 2. The summed E-state index contributed by atoms with van der Waals surface area (Å²) in [5.41, 5.74) is 2.91. The summed E-state index contributed by atoms with van der Waals surface area (Å²) in [5.74, 6) is 1.03. The van der Waals surface area contributed by atoms with Crippen LogP contribution in [0.15, 0.2) is 18.2 Å². The Kier molecular flexibility index (Phi) is 3.27. The standard InChI is InChI=1S/C13H19NO/c1-3-8-15-13-5-4-12-10-14(2)7-6-11(12)9-13/h4-5,9H,3,6-8,10H2,1-2H3. The monoisotopic (exact) mass is 205 g/mol. The van der Waals surface area contributed by atoms with Gasteiger partial charge in [0.05, 0.1) is 6.61 Å². The van der Waals surface area contributed by atoms with E-state index in [1.807, 2.05) is 0 Å². The van der Waals surface area contributed by atoms with Crippen LogP contribution in [0.3, 0.4) is 0 Å². The summed E-state index contributed by atoms with van der Waals surface area (Å²) in [5, 5.41) is 0. The predicted molar refractivity (Wildman–Crippen MR) is 62.3 cm³/mol. The number of benzene rings is 1. The lowest BCUT2D eigenvalue weighted by atomic mass is 10.00. The lowest BCUT2D eigenvalue weighted by Gasteiger charge is -2.25. The van der Waals surface area contributed by atoms with E-state index in [9.17, 15) is 0 Å². The smallest absolute Gasteiger partial charge is 0.119 e. The van der Waals surface area contributed by atoms with Crippen molar-refractivity contribution in [1.82, 2.24) is 4.90 Å². The molecule has 0 fully saturated rings. The van der Waals surface area contributed by atoms with E-state index in [1.165, 1.54) is 11.1 Å². The van der Waals surface area contributed by atoms with Crippen molar-refractivity contribution < 1.29 is 4.74 Å². The molecule has 2 rings (SSSR count). The number of fused-ring (bicyclic) bond motifs is 1. The van der Waals surface area contributed by atoms with Crippen LogP contribution in [0, 0.1) is 0 Å². The fourth-order valence-corrected chi connectivity index (χ4v) is 1.98. The second-order valence-corrected chi connectivity index (χ2v) is 4.27. The van der Waals surface area contributed by atoms with E-state index in [-0.39, 0.29) is 0 Å². The fourth-order valence-electron chi connectivity index (χ4n) is 1.98. The molecule has 1 aromatic rings. The van der Waals surface area contributed by atoms with Gasteiger partial charge in [-0.1, -0.05) is 13.0 Å². The van der Waals surface area contributed by atoms with Gasteiger partial charge in [-0.2, -0.15) is 0 Å². The number of rotatable bonds is 3. The van der Waals surface area contributed by atoms with Crippen molar-refractivity contribution in [2.75, 3.05) is 20.2 Å². The number of hydrogen-bond donors (Lipinski definition) is 0. The summed E-state index contributed by atoms with van der Waals surface area (Å²) >= 11 is 0. The highest BCUT2D eigenvalue weighted by atomic mass is 16.5. The topological polar surface area (TPSA) is 12.5 Å². The van der Waals surface area contributed by atoms with Crippen molar-refractivity contribution in [3.8, 4) is 5.75 Å². The van der Waals surface area contributed by atoms with Gasteiger partial charge in [-0.05, 0) is 43.1 Å².